The van der Waals surface area contributed by atoms with E-state index in [4.69, 9.17) is 5.73 Å². The zero-order chi connectivity index (χ0) is 11.0. The molecule has 2 heterocycles. The van der Waals surface area contributed by atoms with Gasteiger partial charge in [0.05, 0.1) is 17.4 Å². The van der Waals surface area contributed by atoms with Crippen LogP contribution in [0.5, 0.6) is 0 Å². The second-order valence-electron chi connectivity index (χ2n) is 4.28. The predicted octanol–water partition coefficient (Wildman–Crippen LogP) is 0.988. The van der Waals surface area contributed by atoms with Gasteiger partial charge in [0.15, 0.2) is 0 Å². The lowest BCUT2D eigenvalue weighted by Crippen LogP contribution is -2.40. The smallest absolute Gasteiger partial charge is 0.135 e. The highest BCUT2D eigenvalue weighted by Gasteiger charge is 2.29. The molecule has 15 heavy (non-hydrogen) atoms. The van der Waals surface area contributed by atoms with Crippen molar-refractivity contribution in [2.45, 2.75) is 25.6 Å². The first kappa shape index (κ1) is 10.4. The quantitative estimate of drug-likeness (QED) is 0.755. The van der Waals surface area contributed by atoms with Crippen LogP contribution in [0, 0.1) is 6.92 Å². The zero-order valence-corrected chi connectivity index (χ0v) is 9.15. The molecule has 1 aliphatic rings. The standard InChI is InChI=1S/C10H17FN4/c1-7-9(12)6-15(13-7)10-3-4-14(2)5-8(10)11/h6,8,10H,3-5,12H2,1-2H3. The molecular weight excluding hydrogens is 195 g/mol. The number of anilines is 1. The van der Waals surface area contributed by atoms with Gasteiger partial charge in [-0.2, -0.15) is 5.10 Å². The van der Waals surface area contributed by atoms with Crippen LogP contribution in [-0.4, -0.2) is 41.0 Å². The fraction of sp³-hybridized carbons (Fsp3) is 0.700. The highest BCUT2D eigenvalue weighted by Crippen LogP contribution is 2.25. The van der Waals surface area contributed by atoms with Gasteiger partial charge in [0.25, 0.3) is 0 Å². The maximum Gasteiger partial charge on any atom is 0.135 e. The SMILES string of the molecule is Cc1nn(C2CCN(C)CC2F)cc1N. The molecule has 0 amide bonds. The number of nitrogens with zero attached hydrogens (tertiary/aromatic N) is 3. The minimum Gasteiger partial charge on any atom is -0.396 e. The molecule has 4 nitrogen and oxygen atoms in total. The van der Waals surface area contributed by atoms with Crippen molar-refractivity contribution >= 4 is 5.69 Å². The Balaban J connectivity index is 2.16. The number of nitrogens with two attached hydrogens (primary N) is 1. The maximum absolute atomic E-state index is 13.8. The van der Waals surface area contributed by atoms with Gasteiger partial charge in [0, 0.05) is 19.3 Å². The van der Waals surface area contributed by atoms with Gasteiger partial charge in [0.1, 0.15) is 6.17 Å². The van der Waals surface area contributed by atoms with Gasteiger partial charge in [-0.15, -0.1) is 0 Å². The molecule has 1 aromatic rings. The van der Waals surface area contributed by atoms with Crippen molar-refractivity contribution in [2.75, 3.05) is 25.9 Å². The van der Waals surface area contributed by atoms with E-state index in [1.807, 2.05) is 18.9 Å². The molecule has 0 bridgehead atoms. The summed E-state index contributed by atoms with van der Waals surface area (Å²) in [6, 6.07) is -0.155. The van der Waals surface area contributed by atoms with Gasteiger partial charge < -0.3 is 10.6 Å². The van der Waals surface area contributed by atoms with Crippen molar-refractivity contribution in [3.8, 4) is 0 Å². The second kappa shape index (κ2) is 3.81. The van der Waals surface area contributed by atoms with E-state index in [1.165, 1.54) is 0 Å². The van der Waals surface area contributed by atoms with Crippen molar-refractivity contribution in [2.24, 2.45) is 0 Å². The van der Waals surface area contributed by atoms with Crippen LogP contribution in [0.15, 0.2) is 6.20 Å². The fourth-order valence-electron chi connectivity index (χ4n) is 2.01. The molecule has 2 unspecified atom stereocenters. The Hall–Kier alpha value is -1.10. The monoisotopic (exact) mass is 212 g/mol. The van der Waals surface area contributed by atoms with Crippen LogP contribution in [0.1, 0.15) is 18.2 Å². The van der Waals surface area contributed by atoms with Gasteiger partial charge in [-0.05, 0) is 20.4 Å². The molecule has 0 aromatic carbocycles. The zero-order valence-electron chi connectivity index (χ0n) is 9.15. The van der Waals surface area contributed by atoms with Crippen LogP contribution in [0.4, 0.5) is 10.1 Å². The predicted molar refractivity (Wildman–Crippen MR) is 57.4 cm³/mol. The maximum atomic E-state index is 13.8. The molecule has 2 atom stereocenters. The first-order valence-corrected chi connectivity index (χ1v) is 5.22. The molecule has 1 aromatic heterocycles. The molecule has 5 heteroatoms. The summed E-state index contributed by atoms with van der Waals surface area (Å²) in [5.74, 6) is 0. The van der Waals surface area contributed by atoms with Crippen molar-refractivity contribution < 1.29 is 4.39 Å². The topological polar surface area (TPSA) is 47.1 Å². The Morgan fingerprint density at radius 2 is 2.33 bits per heavy atom. The highest BCUT2D eigenvalue weighted by molar-refractivity contribution is 5.39. The number of rotatable bonds is 1. The van der Waals surface area contributed by atoms with Gasteiger partial charge in [-0.1, -0.05) is 0 Å². The van der Waals surface area contributed by atoms with E-state index in [2.05, 4.69) is 5.10 Å². The third kappa shape index (κ3) is 1.97. The van der Waals surface area contributed by atoms with Crippen LogP contribution in [0.3, 0.4) is 0 Å². The van der Waals surface area contributed by atoms with Crippen LogP contribution < -0.4 is 5.73 Å². The van der Waals surface area contributed by atoms with E-state index in [0.29, 0.717) is 12.2 Å². The largest absolute Gasteiger partial charge is 0.396 e. The summed E-state index contributed by atoms with van der Waals surface area (Å²) in [6.07, 6.45) is 1.67. The third-order valence-electron chi connectivity index (χ3n) is 3.00. The number of piperidine rings is 1. The number of aryl methyl sites for hydroxylation is 1. The van der Waals surface area contributed by atoms with E-state index < -0.39 is 6.17 Å². The van der Waals surface area contributed by atoms with Crippen molar-refractivity contribution in [1.82, 2.24) is 14.7 Å². The molecule has 0 saturated carbocycles. The summed E-state index contributed by atoms with van der Waals surface area (Å²) in [5, 5.41) is 4.24. The van der Waals surface area contributed by atoms with E-state index in [1.54, 1.807) is 10.9 Å². The molecular formula is C10H17FN4. The Labute approximate surface area is 88.9 Å². The molecule has 1 aliphatic heterocycles. The average Bonchev–Trinajstić information content (AvgIpc) is 2.46. The molecule has 0 aliphatic carbocycles. The van der Waals surface area contributed by atoms with E-state index in [9.17, 15) is 4.39 Å². The normalized spacial score (nSPS) is 28.2. The van der Waals surface area contributed by atoms with Gasteiger partial charge in [-0.25, -0.2) is 4.39 Å². The van der Waals surface area contributed by atoms with E-state index in [-0.39, 0.29) is 6.04 Å². The number of halogens is 1. The summed E-state index contributed by atoms with van der Waals surface area (Å²) in [4.78, 5) is 2.00. The number of aromatic nitrogens is 2. The first-order chi connectivity index (χ1) is 7.08. The van der Waals surface area contributed by atoms with Crippen LogP contribution in [0.25, 0.3) is 0 Å². The number of hydrogen-bond acceptors (Lipinski definition) is 3. The minimum absolute atomic E-state index is 0.155. The lowest BCUT2D eigenvalue weighted by Gasteiger charge is -2.32. The van der Waals surface area contributed by atoms with E-state index in [0.717, 1.165) is 18.7 Å². The molecule has 2 N–H and O–H groups in total. The van der Waals surface area contributed by atoms with Crippen LogP contribution in [-0.2, 0) is 0 Å². The van der Waals surface area contributed by atoms with Crippen molar-refractivity contribution in [3.05, 3.63) is 11.9 Å². The first-order valence-electron chi connectivity index (χ1n) is 5.22. The second-order valence-corrected chi connectivity index (χ2v) is 4.28. The number of likely N-dealkylation sites (tertiary alicyclic amines) is 1. The van der Waals surface area contributed by atoms with Crippen LogP contribution >= 0.6 is 0 Å². The highest BCUT2D eigenvalue weighted by atomic mass is 19.1. The summed E-state index contributed by atoms with van der Waals surface area (Å²) < 4.78 is 15.5. The molecule has 84 valence electrons. The fourth-order valence-corrected chi connectivity index (χ4v) is 2.01. The van der Waals surface area contributed by atoms with Gasteiger partial charge in [-0.3, -0.25) is 4.68 Å². The number of nitrogen functional groups attached to an aromatic ring is 1. The molecule has 0 spiro atoms. The van der Waals surface area contributed by atoms with Crippen LogP contribution in [0.2, 0.25) is 0 Å². The molecule has 1 saturated heterocycles. The Morgan fingerprint density at radius 1 is 1.60 bits per heavy atom. The van der Waals surface area contributed by atoms with Gasteiger partial charge in [0.2, 0.25) is 0 Å². The lowest BCUT2D eigenvalue weighted by molar-refractivity contribution is 0.100. The summed E-state index contributed by atoms with van der Waals surface area (Å²) >= 11 is 0. The lowest BCUT2D eigenvalue weighted by atomic mass is 10.0. The van der Waals surface area contributed by atoms with Gasteiger partial charge >= 0.3 is 0 Å². The molecule has 1 fully saturated rings. The third-order valence-corrected chi connectivity index (χ3v) is 3.00. The van der Waals surface area contributed by atoms with Crippen molar-refractivity contribution in [1.29, 1.82) is 0 Å². The Bertz CT molecular complexity index is 330. The number of alkyl halides is 1. The summed E-state index contributed by atoms with van der Waals surface area (Å²) in [6.45, 7) is 3.22. The Morgan fingerprint density at radius 3 is 2.87 bits per heavy atom. The van der Waals surface area contributed by atoms with E-state index >= 15 is 0 Å². The molecule has 0 radical (unpaired) electrons. The van der Waals surface area contributed by atoms with Crippen molar-refractivity contribution in [3.63, 3.8) is 0 Å². The average molecular weight is 212 g/mol. The summed E-state index contributed by atoms with van der Waals surface area (Å²) in [7, 11) is 1.94. The summed E-state index contributed by atoms with van der Waals surface area (Å²) in [5.41, 5.74) is 7.12. The minimum atomic E-state index is -0.859. The Kier molecular flexibility index (Phi) is 2.65. The molecule has 2 rings (SSSR count). The number of hydrogen-bond donors (Lipinski definition) is 1.